The summed E-state index contributed by atoms with van der Waals surface area (Å²) < 4.78 is 16.5. The van der Waals surface area contributed by atoms with Crippen LogP contribution in [0.4, 0.5) is 0 Å². The van der Waals surface area contributed by atoms with Crippen molar-refractivity contribution in [1.29, 1.82) is 0 Å². The molecule has 0 saturated carbocycles. The first-order valence-corrected chi connectivity index (χ1v) is 9.23. The summed E-state index contributed by atoms with van der Waals surface area (Å²) in [5.74, 6) is 0.706. The number of aromatic nitrogens is 2. The summed E-state index contributed by atoms with van der Waals surface area (Å²) in [4.78, 5) is 22.5. The average molecular weight is 372 g/mol. The van der Waals surface area contributed by atoms with Crippen molar-refractivity contribution in [3.05, 3.63) is 47.1 Å². The number of nitrogens with zero attached hydrogens (tertiary/aromatic N) is 2. The van der Waals surface area contributed by atoms with Gasteiger partial charge in [-0.1, -0.05) is 12.1 Å². The summed E-state index contributed by atoms with van der Waals surface area (Å²) in [6.07, 6.45) is 1.21. The van der Waals surface area contributed by atoms with Gasteiger partial charge in [-0.3, -0.25) is 0 Å². The Labute approximate surface area is 150 Å². The Morgan fingerprint density at radius 2 is 1.92 bits per heavy atom. The third-order valence-corrected chi connectivity index (χ3v) is 5.08. The van der Waals surface area contributed by atoms with Gasteiger partial charge >= 0.3 is 5.97 Å². The SMILES string of the molecule is CCOC(=O)c1ncoc1-c1nc(-c2cccs2)oc1-c1cccs1. The predicted molar refractivity (Wildman–Crippen MR) is 94.6 cm³/mol. The molecular weight excluding hydrogens is 360 g/mol. The van der Waals surface area contributed by atoms with Crippen molar-refractivity contribution >= 4 is 28.6 Å². The topological polar surface area (TPSA) is 78.4 Å². The van der Waals surface area contributed by atoms with E-state index in [1.165, 1.54) is 29.1 Å². The maximum atomic E-state index is 12.1. The zero-order valence-electron chi connectivity index (χ0n) is 13.1. The Balaban J connectivity index is 1.87. The van der Waals surface area contributed by atoms with E-state index in [-0.39, 0.29) is 18.1 Å². The van der Waals surface area contributed by atoms with Crippen LogP contribution in [0.1, 0.15) is 17.4 Å². The van der Waals surface area contributed by atoms with E-state index in [4.69, 9.17) is 13.6 Å². The Kier molecular flexibility index (Phi) is 4.21. The predicted octanol–water partition coefficient (Wildman–Crippen LogP) is 4.96. The second kappa shape index (κ2) is 6.66. The van der Waals surface area contributed by atoms with Crippen LogP contribution in [0.5, 0.6) is 0 Å². The summed E-state index contributed by atoms with van der Waals surface area (Å²) in [6.45, 7) is 1.99. The standard InChI is InChI=1S/C17H12N2O4S2/c1-2-21-17(20)13-15(22-9-18-13)12-14(10-5-3-7-24-10)23-16(19-12)11-6-4-8-25-11/h3-9H,2H2,1H3. The third kappa shape index (κ3) is 2.90. The first kappa shape index (κ1) is 15.8. The summed E-state index contributed by atoms with van der Waals surface area (Å²) in [5.41, 5.74) is 0.525. The molecule has 0 N–H and O–H groups in total. The lowest BCUT2D eigenvalue weighted by Gasteiger charge is -2.00. The highest BCUT2D eigenvalue weighted by Crippen LogP contribution is 2.39. The van der Waals surface area contributed by atoms with Crippen LogP contribution in [-0.2, 0) is 4.74 Å². The number of hydrogen-bond donors (Lipinski definition) is 0. The van der Waals surface area contributed by atoms with Gasteiger partial charge in [0.05, 0.1) is 16.4 Å². The van der Waals surface area contributed by atoms with E-state index >= 15 is 0 Å². The number of oxazole rings is 2. The van der Waals surface area contributed by atoms with Gasteiger partial charge in [-0.2, -0.15) is 0 Å². The molecule has 25 heavy (non-hydrogen) atoms. The van der Waals surface area contributed by atoms with Crippen molar-refractivity contribution in [2.24, 2.45) is 0 Å². The number of ether oxygens (including phenoxy) is 1. The lowest BCUT2D eigenvalue weighted by atomic mass is 10.2. The highest BCUT2D eigenvalue weighted by Gasteiger charge is 2.27. The smallest absolute Gasteiger partial charge is 0.361 e. The van der Waals surface area contributed by atoms with E-state index in [2.05, 4.69) is 9.97 Å². The van der Waals surface area contributed by atoms with Crippen LogP contribution in [0.3, 0.4) is 0 Å². The Hall–Kier alpha value is -2.71. The third-order valence-electron chi connectivity index (χ3n) is 3.36. The summed E-state index contributed by atoms with van der Waals surface area (Å²) >= 11 is 3.03. The van der Waals surface area contributed by atoms with E-state index in [0.717, 1.165) is 9.75 Å². The average Bonchev–Trinajstić information content (AvgIpc) is 3.41. The number of carbonyl (C=O) groups is 1. The molecule has 0 aliphatic carbocycles. The molecule has 4 aromatic rings. The van der Waals surface area contributed by atoms with Crippen LogP contribution in [0.15, 0.2) is 50.3 Å². The molecule has 0 aromatic carbocycles. The number of rotatable bonds is 5. The van der Waals surface area contributed by atoms with E-state index in [1.807, 2.05) is 35.0 Å². The second-order valence-corrected chi connectivity index (χ2v) is 6.80. The van der Waals surface area contributed by atoms with E-state index < -0.39 is 5.97 Å². The maximum absolute atomic E-state index is 12.1. The van der Waals surface area contributed by atoms with Crippen molar-refractivity contribution in [1.82, 2.24) is 9.97 Å². The van der Waals surface area contributed by atoms with Gasteiger partial charge in [-0.05, 0) is 29.8 Å². The highest BCUT2D eigenvalue weighted by molar-refractivity contribution is 7.13. The van der Waals surface area contributed by atoms with Crippen LogP contribution in [-0.4, -0.2) is 22.5 Å². The molecule has 8 heteroatoms. The molecule has 0 saturated heterocycles. The summed E-state index contributed by atoms with van der Waals surface area (Å²) in [5, 5.41) is 3.89. The van der Waals surface area contributed by atoms with Crippen molar-refractivity contribution in [2.45, 2.75) is 6.92 Å². The molecule has 126 valence electrons. The van der Waals surface area contributed by atoms with Gasteiger partial charge in [-0.25, -0.2) is 14.8 Å². The molecule has 4 rings (SSSR count). The summed E-state index contributed by atoms with van der Waals surface area (Å²) in [6, 6.07) is 7.69. The Morgan fingerprint density at radius 3 is 2.60 bits per heavy atom. The van der Waals surface area contributed by atoms with Crippen molar-refractivity contribution in [2.75, 3.05) is 6.61 Å². The van der Waals surface area contributed by atoms with Gasteiger partial charge in [-0.15, -0.1) is 22.7 Å². The van der Waals surface area contributed by atoms with Crippen molar-refractivity contribution < 1.29 is 18.4 Å². The molecule has 0 radical (unpaired) electrons. The number of esters is 1. The van der Waals surface area contributed by atoms with Crippen LogP contribution >= 0.6 is 22.7 Å². The lowest BCUT2D eigenvalue weighted by molar-refractivity contribution is 0.0520. The minimum Gasteiger partial charge on any atom is -0.461 e. The molecule has 0 aliphatic heterocycles. The Bertz CT molecular complexity index is 984. The van der Waals surface area contributed by atoms with Gasteiger partial charge < -0.3 is 13.6 Å². The van der Waals surface area contributed by atoms with Crippen molar-refractivity contribution in [3.8, 4) is 32.9 Å². The number of thiophene rings is 2. The minimum atomic E-state index is -0.552. The molecule has 0 amide bonds. The van der Waals surface area contributed by atoms with E-state index in [9.17, 15) is 4.79 Å². The van der Waals surface area contributed by atoms with Gasteiger partial charge in [0, 0.05) is 0 Å². The van der Waals surface area contributed by atoms with Gasteiger partial charge in [0.25, 0.3) is 0 Å². The normalized spacial score (nSPS) is 10.9. The quantitative estimate of drug-likeness (QED) is 0.461. The zero-order chi connectivity index (χ0) is 17.2. The first-order chi connectivity index (χ1) is 12.3. The van der Waals surface area contributed by atoms with Crippen LogP contribution in [0, 0.1) is 0 Å². The zero-order valence-corrected chi connectivity index (χ0v) is 14.7. The highest BCUT2D eigenvalue weighted by atomic mass is 32.1. The fourth-order valence-corrected chi connectivity index (χ4v) is 3.67. The molecule has 0 bridgehead atoms. The minimum absolute atomic E-state index is 0.0886. The number of carbonyl (C=O) groups excluding carboxylic acids is 1. The maximum Gasteiger partial charge on any atom is 0.361 e. The molecule has 0 spiro atoms. The first-order valence-electron chi connectivity index (χ1n) is 7.47. The van der Waals surface area contributed by atoms with Crippen LogP contribution < -0.4 is 0 Å². The fourth-order valence-electron chi connectivity index (χ4n) is 2.31. The molecule has 4 heterocycles. The second-order valence-electron chi connectivity index (χ2n) is 4.90. The van der Waals surface area contributed by atoms with E-state index in [1.54, 1.807) is 6.92 Å². The fraction of sp³-hybridized carbons (Fsp3) is 0.118. The monoisotopic (exact) mass is 372 g/mol. The van der Waals surface area contributed by atoms with Gasteiger partial charge in [0.1, 0.15) is 0 Å². The molecule has 0 aliphatic rings. The van der Waals surface area contributed by atoms with Crippen LogP contribution in [0.25, 0.3) is 32.9 Å². The Morgan fingerprint density at radius 1 is 1.16 bits per heavy atom. The molecule has 0 atom stereocenters. The summed E-state index contributed by atoms with van der Waals surface area (Å²) in [7, 11) is 0. The lowest BCUT2D eigenvalue weighted by Crippen LogP contribution is -2.06. The molecule has 4 aromatic heterocycles. The molecular formula is C17H12N2O4S2. The number of hydrogen-bond acceptors (Lipinski definition) is 8. The van der Waals surface area contributed by atoms with Gasteiger partial charge in [0.2, 0.25) is 5.89 Å². The van der Waals surface area contributed by atoms with Crippen molar-refractivity contribution in [3.63, 3.8) is 0 Å². The largest absolute Gasteiger partial charge is 0.461 e. The van der Waals surface area contributed by atoms with Gasteiger partial charge in [0.15, 0.2) is 29.3 Å². The van der Waals surface area contributed by atoms with Crippen LogP contribution in [0.2, 0.25) is 0 Å². The molecule has 0 unspecified atom stereocenters. The van der Waals surface area contributed by atoms with E-state index in [0.29, 0.717) is 17.3 Å². The molecule has 0 fully saturated rings. The molecule has 6 nitrogen and oxygen atoms in total.